The van der Waals surface area contributed by atoms with Gasteiger partial charge in [0.2, 0.25) is 0 Å². The third-order valence-electron chi connectivity index (χ3n) is 4.71. The van der Waals surface area contributed by atoms with E-state index in [-0.39, 0.29) is 18.0 Å². The van der Waals surface area contributed by atoms with Crippen LogP contribution in [0.5, 0.6) is 11.5 Å². The Balaban J connectivity index is 1.94. The number of amides is 1. The van der Waals surface area contributed by atoms with Crippen molar-refractivity contribution < 1.29 is 14.3 Å². The molecular weight excluding hydrogens is 356 g/mol. The summed E-state index contributed by atoms with van der Waals surface area (Å²) in [7, 11) is 3.08. The number of aryl methyl sites for hydroxylation is 1. The van der Waals surface area contributed by atoms with Crippen molar-refractivity contribution >= 4 is 16.8 Å². The van der Waals surface area contributed by atoms with Gasteiger partial charge in [0.15, 0.2) is 0 Å². The number of methoxy groups -OCH3 is 2. The third-order valence-corrected chi connectivity index (χ3v) is 4.71. The standard InChI is InChI=1S/C22H24N2O4/c1-5-24(22(26)16-10-18(27-3)12-19(11-16)28-4)13-17-9-15-8-14(2)6-7-20(15)23-21(17)25/h6-12H,5,13H2,1-4H3,(H,23,25). The fourth-order valence-corrected chi connectivity index (χ4v) is 3.14. The predicted molar refractivity (Wildman–Crippen MR) is 109 cm³/mol. The Kier molecular flexibility index (Phi) is 5.68. The first-order valence-electron chi connectivity index (χ1n) is 9.10. The first-order chi connectivity index (χ1) is 13.4. The Hall–Kier alpha value is -3.28. The molecule has 0 bridgehead atoms. The molecule has 1 amide bonds. The molecule has 0 aliphatic heterocycles. The van der Waals surface area contributed by atoms with Crippen LogP contribution in [0.15, 0.2) is 47.3 Å². The minimum atomic E-state index is -0.191. The fourth-order valence-electron chi connectivity index (χ4n) is 3.14. The van der Waals surface area contributed by atoms with E-state index in [0.717, 1.165) is 16.5 Å². The lowest BCUT2D eigenvalue weighted by atomic mass is 10.1. The van der Waals surface area contributed by atoms with Gasteiger partial charge in [-0.3, -0.25) is 9.59 Å². The van der Waals surface area contributed by atoms with Crippen molar-refractivity contribution in [2.75, 3.05) is 20.8 Å². The van der Waals surface area contributed by atoms with E-state index in [2.05, 4.69) is 4.98 Å². The first kappa shape index (κ1) is 19.5. The maximum Gasteiger partial charge on any atom is 0.254 e. The molecule has 3 aromatic rings. The smallest absolute Gasteiger partial charge is 0.254 e. The lowest BCUT2D eigenvalue weighted by Gasteiger charge is -2.21. The molecule has 0 aliphatic carbocycles. The number of rotatable bonds is 6. The quantitative estimate of drug-likeness (QED) is 0.710. The van der Waals surface area contributed by atoms with Crippen LogP contribution in [-0.4, -0.2) is 36.6 Å². The number of aromatic nitrogens is 1. The molecular formula is C22H24N2O4. The van der Waals surface area contributed by atoms with Crippen molar-refractivity contribution in [2.24, 2.45) is 0 Å². The van der Waals surface area contributed by atoms with Crippen molar-refractivity contribution in [2.45, 2.75) is 20.4 Å². The van der Waals surface area contributed by atoms with Gasteiger partial charge < -0.3 is 19.4 Å². The number of nitrogens with zero attached hydrogens (tertiary/aromatic N) is 1. The van der Waals surface area contributed by atoms with E-state index in [1.54, 1.807) is 23.1 Å². The number of hydrogen-bond donors (Lipinski definition) is 1. The predicted octanol–water partition coefficient (Wildman–Crippen LogP) is 3.52. The summed E-state index contributed by atoms with van der Waals surface area (Å²) in [5.74, 6) is 0.888. The molecule has 0 saturated heterocycles. The number of hydrogen-bond acceptors (Lipinski definition) is 4. The van der Waals surface area contributed by atoms with E-state index in [1.165, 1.54) is 14.2 Å². The van der Waals surface area contributed by atoms with E-state index >= 15 is 0 Å². The van der Waals surface area contributed by atoms with Gasteiger partial charge in [0.1, 0.15) is 11.5 Å². The molecule has 3 rings (SSSR count). The molecule has 0 atom stereocenters. The molecule has 0 unspecified atom stereocenters. The summed E-state index contributed by atoms with van der Waals surface area (Å²) in [5.41, 5.74) is 2.70. The van der Waals surface area contributed by atoms with Crippen LogP contribution >= 0.6 is 0 Å². The second-order valence-electron chi connectivity index (χ2n) is 6.64. The summed E-state index contributed by atoms with van der Waals surface area (Å²) in [6, 6.07) is 12.8. The second-order valence-corrected chi connectivity index (χ2v) is 6.64. The van der Waals surface area contributed by atoms with Crippen molar-refractivity contribution in [3.63, 3.8) is 0 Å². The third kappa shape index (κ3) is 4.01. The number of carbonyl (C=O) groups excluding carboxylic acids is 1. The number of ether oxygens (including phenoxy) is 2. The highest BCUT2D eigenvalue weighted by Crippen LogP contribution is 2.24. The highest BCUT2D eigenvalue weighted by molar-refractivity contribution is 5.95. The molecule has 28 heavy (non-hydrogen) atoms. The van der Waals surface area contributed by atoms with Gasteiger partial charge in [0.25, 0.3) is 11.5 Å². The number of H-pyrrole nitrogens is 1. The molecule has 0 aliphatic rings. The SMILES string of the molecule is CCN(Cc1cc2cc(C)ccc2[nH]c1=O)C(=O)c1cc(OC)cc(OC)c1. The number of carbonyl (C=O) groups is 1. The largest absolute Gasteiger partial charge is 0.497 e. The summed E-state index contributed by atoms with van der Waals surface area (Å²) in [6.45, 7) is 4.56. The zero-order valence-electron chi connectivity index (χ0n) is 16.5. The van der Waals surface area contributed by atoms with Crippen LogP contribution in [0.4, 0.5) is 0 Å². The lowest BCUT2D eigenvalue weighted by molar-refractivity contribution is 0.0751. The van der Waals surface area contributed by atoms with Gasteiger partial charge in [0.05, 0.1) is 20.8 Å². The van der Waals surface area contributed by atoms with Crippen LogP contribution in [0.2, 0.25) is 0 Å². The summed E-state index contributed by atoms with van der Waals surface area (Å²) in [5, 5.41) is 0.946. The van der Waals surface area contributed by atoms with Gasteiger partial charge in [-0.25, -0.2) is 0 Å². The molecule has 6 nitrogen and oxygen atoms in total. The molecule has 1 heterocycles. The molecule has 1 aromatic heterocycles. The van der Waals surface area contributed by atoms with E-state index in [9.17, 15) is 9.59 Å². The topological polar surface area (TPSA) is 71.6 Å². The van der Waals surface area contributed by atoms with Gasteiger partial charge in [-0.2, -0.15) is 0 Å². The molecule has 0 saturated carbocycles. The van der Waals surface area contributed by atoms with Crippen LogP contribution < -0.4 is 15.0 Å². The van der Waals surface area contributed by atoms with Gasteiger partial charge in [-0.05, 0) is 49.6 Å². The van der Waals surface area contributed by atoms with E-state index < -0.39 is 0 Å². The minimum absolute atomic E-state index is 0.189. The van der Waals surface area contributed by atoms with Gasteiger partial charge in [-0.15, -0.1) is 0 Å². The van der Waals surface area contributed by atoms with E-state index in [0.29, 0.717) is 29.2 Å². The van der Waals surface area contributed by atoms with Crippen molar-refractivity contribution in [1.29, 1.82) is 0 Å². The number of benzene rings is 2. The van der Waals surface area contributed by atoms with Gasteiger partial charge >= 0.3 is 0 Å². The summed E-state index contributed by atoms with van der Waals surface area (Å²) < 4.78 is 10.5. The highest BCUT2D eigenvalue weighted by Gasteiger charge is 2.18. The number of aromatic amines is 1. The molecule has 1 N–H and O–H groups in total. The monoisotopic (exact) mass is 380 g/mol. The molecule has 146 valence electrons. The summed E-state index contributed by atoms with van der Waals surface area (Å²) >= 11 is 0. The Morgan fingerprint density at radius 2 is 1.71 bits per heavy atom. The Labute approximate surface area is 163 Å². The zero-order chi connectivity index (χ0) is 20.3. The zero-order valence-corrected chi connectivity index (χ0v) is 16.5. The van der Waals surface area contributed by atoms with Crippen molar-refractivity contribution in [3.05, 3.63) is 69.5 Å². The van der Waals surface area contributed by atoms with E-state index in [1.807, 2.05) is 38.1 Å². The average Bonchev–Trinajstić information content (AvgIpc) is 2.71. The Morgan fingerprint density at radius 1 is 1.04 bits per heavy atom. The fraction of sp³-hybridized carbons (Fsp3) is 0.273. The van der Waals surface area contributed by atoms with Crippen LogP contribution in [0, 0.1) is 6.92 Å². The second kappa shape index (κ2) is 8.17. The number of pyridine rings is 1. The normalized spacial score (nSPS) is 10.7. The van der Waals surface area contributed by atoms with Gasteiger partial charge in [0, 0.05) is 29.3 Å². The molecule has 0 radical (unpaired) electrons. The number of nitrogens with one attached hydrogen (secondary N) is 1. The van der Waals surface area contributed by atoms with Gasteiger partial charge in [-0.1, -0.05) is 11.6 Å². The molecule has 0 fully saturated rings. The maximum atomic E-state index is 13.0. The molecule has 0 spiro atoms. The van der Waals surface area contributed by atoms with Crippen LogP contribution in [0.25, 0.3) is 10.9 Å². The molecule has 6 heteroatoms. The highest BCUT2D eigenvalue weighted by atomic mass is 16.5. The molecule has 2 aromatic carbocycles. The Bertz CT molecular complexity index is 1050. The summed E-state index contributed by atoms with van der Waals surface area (Å²) in [4.78, 5) is 30.1. The number of fused-ring (bicyclic) bond motifs is 1. The van der Waals surface area contributed by atoms with Crippen LogP contribution in [-0.2, 0) is 6.54 Å². The first-order valence-corrected chi connectivity index (χ1v) is 9.10. The van der Waals surface area contributed by atoms with Crippen molar-refractivity contribution in [1.82, 2.24) is 9.88 Å². The van der Waals surface area contributed by atoms with E-state index in [4.69, 9.17) is 9.47 Å². The Morgan fingerprint density at radius 3 is 2.32 bits per heavy atom. The average molecular weight is 380 g/mol. The van der Waals surface area contributed by atoms with Crippen LogP contribution in [0.3, 0.4) is 0 Å². The minimum Gasteiger partial charge on any atom is -0.497 e. The lowest BCUT2D eigenvalue weighted by Crippen LogP contribution is -2.32. The maximum absolute atomic E-state index is 13.0. The van der Waals surface area contributed by atoms with Crippen LogP contribution in [0.1, 0.15) is 28.4 Å². The summed E-state index contributed by atoms with van der Waals surface area (Å²) in [6.07, 6.45) is 0. The van der Waals surface area contributed by atoms with Crippen molar-refractivity contribution in [3.8, 4) is 11.5 Å².